The van der Waals surface area contributed by atoms with Crippen molar-refractivity contribution in [1.29, 1.82) is 5.26 Å². The third kappa shape index (κ3) is 7.38. The van der Waals surface area contributed by atoms with Crippen LogP contribution >= 0.6 is 0 Å². The fraction of sp³-hybridized carbons (Fsp3) is 0.586. The van der Waals surface area contributed by atoms with Gasteiger partial charge in [-0.3, -0.25) is 4.79 Å². The van der Waals surface area contributed by atoms with Gasteiger partial charge in [-0.15, -0.1) is 0 Å². The molecule has 2 aromatic rings. The molecule has 5 heteroatoms. The molecule has 0 N–H and O–H groups in total. The number of rotatable bonds is 12. The Bertz CT molecular complexity index is 923. The van der Waals surface area contributed by atoms with E-state index < -0.39 is 0 Å². The molecule has 0 spiro atoms. The van der Waals surface area contributed by atoms with E-state index in [2.05, 4.69) is 29.9 Å². The van der Waals surface area contributed by atoms with Gasteiger partial charge in [0.25, 0.3) is 0 Å². The summed E-state index contributed by atoms with van der Waals surface area (Å²) in [7, 11) is 0. The van der Waals surface area contributed by atoms with Crippen LogP contribution in [-0.2, 0) is 11.2 Å². The summed E-state index contributed by atoms with van der Waals surface area (Å²) >= 11 is 0. The Hall–Kier alpha value is -2.74. The van der Waals surface area contributed by atoms with Crippen LogP contribution in [0.25, 0.3) is 11.4 Å². The van der Waals surface area contributed by atoms with Gasteiger partial charge in [0.05, 0.1) is 17.4 Å². The second-order valence-corrected chi connectivity index (χ2v) is 9.79. The van der Waals surface area contributed by atoms with Crippen molar-refractivity contribution in [2.75, 3.05) is 0 Å². The highest BCUT2D eigenvalue weighted by Crippen LogP contribution is 2.42. The Balaban J connectivity index is 1.46. The first kappa shape index (κ1) is 25.9. The molecule has 0 amide bonds. The average Bonchev–Trinajstić information content (AvgIpc) is 2.87. The third-order valence-electron chi connectivity index (χ3n) is 7.10. The lowest BCUT2D eigenvalue weighted by atomic mass is 9.69. The monoisotopic (exact) mass is 461 g/mol. The van der Waals surface area contributed by atoms with Gasteiger partial charge in [0.2, 0.25) is 0 Å². The Labute approximate surface area is 205 Å². The molecule has 1 aliphatic rings. The number of aryl methyl sites for hydroxylation is 1. The number of hydrogen-bond acceptors (Lipinski definition) is 5. The molecular formula is C29H39N3O2. The van der Waals surface area contributed by atoms with Crippen molar-refractivity contribution in [3.63, 3.8) is 0 Å². The molecule has 0 aliphatic heterocycles. The van der Waals surface area contributed by atoms with Crippen molar-refractivity contribution >= 4 is 5.97 Å². The summed E-state index contributed by atoms with van der Waals surface area (Å²) in [5, 5.41) is 9.83. The third-order valence-corrected chi connectivity index (χ3v) is 7.10. The molecule has 1 fully saturated rings. The number of esters is 1. The predicted octanol–water partition coefficient (Wildman–Crippen LogP) is 7.45. The number of ether oxygens (including phenoxy) is 1. The van der Waals surface area contributed by atoms with Gasteiger partial charge in [-0.05, 0) is 68.4 Å². The Morgan fingerprint density at radius 3 is 2.26 bits per heavy atom. The van der Waals surface area contributed by atoms with Crippen LogP contribution in [0.5, 0.6) is 5.75 Å². The zero-order chi connectivity index (χ0) is 24.2. The number of carbonyl (C=O) groups excluding carboxylic acids is 1. The number of aromatic nitrogens is 2. The molecule has 0 atom stereocenters. The van der Waals surface area contributed by atoms with Crippen LogP contribution in [0.15, 0.2) is 36.7 Å². The molecule has 182 valence electrons. The maximum Gasteiger partial charge on any atom is 0.314 e. The summed E-state index contributed by atoms with van der Waals surface area (Å²) < 4.78 is 5.67. The molecule has 1 aliphatic carbocycles. The first-order chi connectivity index (χ1) is 16.6. The summed E-state index contributed by atoms with van der Waals surface area (Å²) in [5.41, 5.74) is 1.78. The smallest absolute Gasteiger partial charge is 0.314 e. The number of nitriles is 1. The van der Waals surface area contributed by atoms with Gasteiger partial charge < -0.3 is 4.74 Å². The minimum Gasteiger partial charge on any atom is -0.426 e. The van der Waals surface area contributed by atoms with Gasteiger partial charge in [-0.1, -0.05) is 58.8 Å². The van der Waals surface area contributed by atoms with Crippen LogP contribution in [0.1, 0.15) is 96.5 Å². The van der Waals surface area contributed by atoms with E-state index >= 15 is 0 Å². The molecule has 5 nitrogen and oxygen atoms in total. The zero-order valence-electron chi connectivity index (χ0n) is 20.9. The number of hydrogen-bond donors (Lipinski definition) is 0. The van der Waals surface area contributed by atoms with Crippen molar-refractivity contribution in [2.45, 2.75) is 97.3 Å². The highest BCUT2D eigenvalue weighted by atomic mass is 16.5. The average molecular weight is 462 g/mol. The highest BCUT2D eigenvalue weighted by molar-refractivity contribution is 5.75. The number of benzene rings is 1. The lowest BCUT2D eigenvalue weighted by Gasteiger charge is -2.34. The van der Waals surface area contributed by atoms with Crippen molar-refractivity contribution in [3.05, 3.63) is 42.2 Å². The molecule has 0 saturated heterocycles. The fourth-order valence-corrected chi connectivity index (χ4v) is 4.86. The van der Waals surface area contributed by atoms with Crippen molar-refractivity contribution in [2.24, 2.45) is 11.3 Å². The molecular weight excluding hydrogens is 422 g/mol. The molecule has 1 heterocycles. The second kappa shape index (κ2) is 13.2. The first-order valence-electron chi connectivity index (χ1n) is 13.1. The number of unbranched alkanes of at least 4 members (excludes halogenated alkanes) is 5. The van der Waals surface area contributed by atoms with Crippen LogP contribution < -0.4 is 4.74 Å². The molecule has 3 rings (SSSR count). The molecule has 0 bridgehead atoms. The molecule has 0 unspecified atom stereocenters. The van der Waals surface area contributed by atoms with E-state index in [0.717, 1.165) is 62.5 Å². The maximum absolute atomic E-state index is 12.8. The Morgan fingerprint density at radius 1 is 1.00 bits per heavy atom. The molecule has 1 aromatic heterocycles. The van der Waals surface area contributed by atoms with Gasteiger partial charge >= 0.3 is 5.97 Å². The first-order valence-corrected chi connectivity index (χ1v) is 13.1. The summed E-state index contributed by atoms with van der Waals surface area (Å²) in [6, 6.07) is 9.98. The van der Waals surface area contributed by atoms with Crippen molar-refractivity contribution < 1.29 is 9.53 Å². The van der Waals surface area contributed by atoms with E-state index in [1.165, 1.54) is 32.1 Å². The van der Waals surface area contributed by atoms with Gasteiger partial charge in [0.15, 0.2) is 5.82 Å². The fourth-order valence-electron chi connectivity index (χ4n) is 4.86. The minimum absolute atomic E-state index is 0.125. The van der Waals surface area contributed by atoms with Crippen LogP contribution in [0.3, 0.4) is 0 Å². The van der Waals surface area contributed by atoms with E-state index in [4.69, 9.17) is 4.74 Å². The van der Waals surface area contributed by atoms with Gasteiger partial charge in [-0.25, -0.2) is 9.97 Å². The molecule has 1 aromatic carbocycles. The van der Waals surface area contributed by atoms with Crippen molar-refractivity contribution in [3.8, 4) is 23.2 Å². The summed E-state index contributed by atoms with van der Waals surface area (Å²) in [6.07, 6.45) is 17.2. The SMILES string of the molecule is CCCCCCCCC1(C#N)CCC(C(=O)Oc2ccc(-c3ncc(CCC)cn3)cc2)CC1. The Morgan fingerprint density at radius 2 is 1.65 bits per heavy atom. The Kier molecular flexibility index (Phi) is 10.1. The van der Waals surface area contributed by atoms with Gasteiger partial charge in [0, 0.05) is 18.0 Å². The molecule has 0 radical (unpaired) electrons. The molecule has 34 heavy (non-hydrogen) atoms. The lowest BCUT2D eigenvalue weighted by molar-refractivity contribution is -0.140. The van der Waals surface area contributed by atoms with Crippen molar-refractivity contribution in [1.82, 2.24) is 9.97 Å². The van der Waals surface area contributed by atoms with Gasteiger partial charge in [-0.2, -0.15) is 5.26 Å². The summed E-state index contributed by atoms with van der Waals surface area (Å²) in [4.78, 5) is 21.6. The van der Waals surface area contributed by atoms with Crippen LogP contribution in [0, 0.1) is 22.7 Å². The predicted molar refractivity (Wildman–Crippen MR) is 135 cm³/mol. The van der Waals surface area contributed by atoms with Gasteiger partial charge in [0.1, 0.15) is 5.75 Å². The lowest BCUT2D eigenvalue weighted by Crippen LogP contribution is -2.31. The summed E-state index contributed by atoms with van der Waals surface area (Å²) in [6.45, 7) is 4.36. The highest BCUT2D eigenvalue weighted by Gasteiger charge is 2.37. The van der Waals surface area contributed by atoms with E-state index in [0.29, 0.717) is 11.6 Å². The largest absolute Gasteiger partial charge is 0.426 e. The number of carbonyl (C=O) groups is 1. The number of nitrogens with zero attached hydrogens (tertiary/aromatic N) is 3. The van der Waals surface area contributed by atoms with Crippen LogP contribution in [0.2, 0.25) is 0 Å². The van der Waals surface area contributed by atoms with Crippen LogP contribution in [-0.4, -0.2) is 15.9 Å². The van der Waals surface area contributed by atoms with E-state index in [1.54, 1.807) is 12.1 Å². The summed E-state index contributed by atoms with van der Waals surface area (Å²) in [5.74, 6) is 0.906. The zero-order valence-corrected chi connectivity index (χ0v) is 20.9. The maximum atomic E-state index is 12.8. The standard InChI is InChI=1S/C29H39N3O2/c1-3-5-6-7-8-9-17-29(22-30)18-15-25(16-19-29)28(33)34-26-13-11-24(12-14-26)27-31-20-23(10-4-2)21-32-27/h11-14,20-21,25H,3-10,15-19H2,1-2H3. The van der Waals surface area contributed by atoms with E-state index in [9.17, 15) is 10.1 Å². The minimum atomic E-state index is -0.254. The van der Waals surface area contributed by atoms with E-state index in [1.807, 2.05) is 24.5 Å². The van der Waals surface area contributed by atoms with E-state index in [-0.39, 0.29) is 17.3 Å². The topological polar surface area (TPSA) is 75.9 Å². The normalized spacial score (nSPS) is 20.0. The van der Waals surface area contributed by atoms with Crippen LogP contribution in [0.4, 0.5) is 0 Å². The molecule has 1 saturated carbocycles. The second-order valence-electron chi connectivity index (χ2n) is 9.79. The quantitative estimate of drug-likeness (QED) is 0.186.